The van der Waals surface area contributed by atoms with Gasteiger partial charge in [0, 0.05) is 5.56 Å². The molecular formula is C15H14O2. The van der Waals surface area contributed by atoms with Crippen LogP contribution >= 0.6 is 0 Å². The van der Waals surface area contributed by atoms with Gasteiger partial charge in [-0.3, -0.25) is 0 Å². The van der Waals surface area contributed by atoms with Crippen LogP contribution < -0.4 is 4.74 Å². The van der Waals surface area contributed by atoms with E-state index in [1.165, 1.54) is 0 Å². The molecule has 86 valence electrons. The summed E-state index contributed by atoms with van der Waals surface area (Å²) < 4.78 is 5.10. The molecular weight excluding hydrogens is 212 g/mol. The molecule has 0 unspecified atom stereocenters. The SMILES string of the molecule is C=C(c1ccc(OC)cc1)c1ccccc1O. The number of ether oxygens (including phenoxy) is 1. The second kappa shape index (κ2) is 4.74. The quantitative estimate of drug-likeness (QED) is 0.868. The van der Waals surface area contributed by atoms with E-state index in [4.69, 9.17) is 4.74 Å². The molecule has 0 spiro atoms. The van der Waals surface area contributed by atoms with Crippen molar-refractivity contribution in [3.05, 3.63) is 66.2 Å². The summed E-state index contributed by atoms with van der Waals surface area (Å²) in [7, 11) is 1.63. The fourth-order valence-corrected chi connectivity index (χ4v) is 1.68. The highest BCUT2D eigenvalue weighted by molar-refractivity contribution is 5.81. The number of methoxy groups -OCH3 is 1. The molecule has 0 saturated heterocycles. The molecule has 0 heterocycles. The number of benzene rings is 2. The van der Waals surface area contributed by atoms with E-state index in [0.717, 1.165) is 22.4 Å². The van der Waals surface area contributed by atoms with Crippen LogP contribution in [0.3, 0.4) is 0 Å². The van der Waals surface area contributed by atoms with Crippen molar-refractivity contribution in [1.82, 2.24) is 0 Å². The van der Waals surface area contributed by atoms with Gasteiger partial charge in [-0.1, -0.05) is 36.9 Å². The number of rotatable bonds is 3. The zero-order valence-electron chi connectivity index (χ0n) is 9.68. The number of hydrogen-bond donors (Lipinski definition) is 1. The number of aromatic hydroxyl groups is 1. The molecule has 0 bridgehead atoms. The minimum Gasteiger partial charge on any atom is -0.507 e. The highest BCUT2D eigenvalue weighted by atomic mass is 16.5. The van der Waals surface area contributed by atoms with Crippen LogP contribution in [0.5, 0.6) is 11.5 Å². The first-order valence-corrected chi connectivity index (χ1v) is 5.34. The zero-order chi connectivity index (χ0) is 12.3. The summed E-state index contributed by atoms with van der Waals surface area (Å²) in [4.78, 5) is 0. The van der Waals surface area contributed by atoms with Gasteiger partial charge in [-0.25, -0.2) is 0 Å². The normalized spacial score (nSPS) is 9.94. The molecule has 1 N–H and O–H groups in total. The van der Waals surface area contributed by atoms with Crippen LogP contribution in [0.2, 0.25) is 0 Å². The summed E-state index contributed by atoms with van der Waals surface area (Å²) >= 11 is 0. The summed E-state index contributed by atoms with van der Waals surface area (Å²) in [5.74, 6) is 1.05. The van der Waals surface area contributed by atoms with Gasteiger partial charge in [-0.2, -0.15) is 0 Å². The van der Waals surface area contributed by atoms with E-state index in [9.17, 15) is 5.11 Å². The van der Waals surface area contributed by atoms with Crippen molar-refractivity contribution in [1.29, 1.82) is 0 Å². The van der Waals surface area contributed by atoms with Gasteiger partial charge in [0.2, 0.25) is 0 Å². The molecule has 0 aliphatic heterocycles. The highest BCUT2D eigenvalue weighted by Crippen LogP contribution is 2.29. The van der Waals surface area contributed by atoms with Gasteiger partial charge >= 0.3 is 0 Å². The predicted octanol–water partition coefficient (Wildman–Crippen LogP) is 3.46. The Bertz CT molecular complexity index is 527. The number of phenols is 1. The Morgan fingerprint density at radius 1 is 1.06 bits per heavy atom. The van der Waals surface area contributed by atoms with Crippen molar-refractivity contribution in [2.75, 3.05) is 7.11 Å². The van der Waals surface area contributed by atoms with Crippen molar-refractivity contribution >= 4 is 5.57 Å². The molecule has 2 heteroatoms. The maximum atomic E-state index is 9.76. The lowest BCUT2D eigenvalue weighted by Gasteiger charge is -2.09. The molecule has 0 aliphatic rings. The van der Waals surface area contributed by atoms with Crippen molar-refractivity contribution < 1.29 is 9.84 Å². The Labute approximate surface area is 101 Å². The fraction of sp³-hybridized carbons (Fsp3) is 0.0667. The first-order chi connectivity index (χ1) is 8.22. The number of phenolic OH excluding ortho intramolecular Hbond substituents is 1. The molecule has 0 radical (unpaired) electrons. The number of para-hydroxylation sites is 1. The lowest BCUT2D eigenvalue weighted by Crippen LogP contribution is -1.88. The van der Waals surface area contributed by atoms with Crippen molar-refractivity contribution in [3.8, 4) is 11.5 Å². The van der Waals surface area contributed by atoms with E-state index in [1.54, 1.807) is 19.2 Å². The van der Waals surface area contributed by atoms with E-state index < -0.39 is 0 Å². The Hall–Kier alpha value is -2.22. The second-order valence-corrected chi connectivity index (χ2v) is 3.72. The molecule has 2 aromatic rings. The van der Waals surface area contributed by atoms with Crippen LogP contribution in [-0.2, 0) is 0 Å². The van der Waals surface area contributed by atoms with Gasteiger partial charge in [-0.15, -0.1) is 0 Å². The van der Waals surface area contributed by atoms with Gasteiger partial charge in [0.05, 0.1) is 7.11 Å². The zero-order valence-corrected chi connectivity index (χ0v) is 9.68. The summed E-state index contributed by atoms with van der Waals surface area (Å²) in [5, 5.41) is 9.76. The highest BCUT2D eigenvalue weighted by Gasteiger charge is 2.06. The average molecular weight is 226 g/mol. The molecule has 0 saturated carbocycles. The largest absolute Gasteiger partial charge is 0.507 e. The summed E-state index contributed by atoms with van der Waals surface area (Å²) in [6.07, 6.45) is 0. The Kier molecular flexibility index (Phi) is 3.15. The van der Waals surface area contributed by atoms with Gasteiger partial charge < -0.3 is 9.84 Å². The minimum atomic E-state index is 0.244. The van der Waals surface area contributed by atoms with Crippen LogP contribution in [0.25, 0.3) is 5.57 Å². The van der Waals surface area contributed by atoms with Crippen LogP contribution in [0.4, 0.5) is 0 Å². The third-order valence-corrected chi connectivity index (χ3v) is 2.67. The lowest BCUT2D eigenvalue weighted by molar-refractivity contribution is 0.415. The van der Waals surface area contributed by atoms with Gasteiger partial charge in [0.15, 0.2) is 0 Å². The van der Waals surface area contributed by atoms with E-state index >= 15 is 0 Å². The van der Waals surface area contributed by atoms with Crippen molar-refractivity contribution in [2.45, 2.75) is 0 Å². The van der Waals surface area contributed by atoms with E-state index in [-0.39, 0.29) is 5.75 Å². The molecule has 2 aromatic carbocycles. The van der Waals surface area contributed by atoms with Crippen LogP contribution in [-0.4, -0.2) is 12.2 Å². The second-order valence-electron chi connectivity index (χ2n) is 3.72. The minimum absolute atomic E-state index is 0.244. The third kappa shape index (κ3) is 2.31. The van der Waals surface area contributed by atoms with Gasteiger partial charge in [-0.05, 0) is 29.3 Å². The van der Waals surface area contributed by atoms with Gasteiger partial charge in [0.1, 0.15) is 11.5 Å². The van der Waals surface area contributed by atoms with Crippen molar-refractivity contribution in [2.24, 2.45) is 0 Å². The molecule has 0 amide bonds. The first-order valence-electron chi connectivity index (χ1n) is 5.34. The molecule has 0 aromatic heterocycles. The van der Waals surface area contributed by atoms with E-state index in [1.807, 2.05) is 36.4 Å². The van der Waals surface area contributed by atoms with E-state index in [0.29, 0.717) is 0 Å². The van der Waals surface area contributed by atoms with Gasteiger partial charge in [0.25, 0.3) is 0 Å². The molecule has 2 rings (SSSR count). The smallest absolute Gasteiger partial charge is 0.123 e. The standard InChI is InChI=1S/C15H14O2/c1-11(14-5-3-4-6-15(14)16)12-7-9-13(17-2)10-8-12/h3-10,16H,1H2,2H3. The summed E-state index contributed by atoms with van der Waals surface area (Å²) in [5.41, 5.74) is 2.51. The Morgan fingerprint density at radius 2 is 1.71 bits per heavy atom. The molecule has 0 aliphatic carbocycles. The monoisotopic (exact) mass is 226 g/mol. The molecule has 0 atom stereocenters. The van der Waals surface area contributed by atoms with Crippen molar-refractivity contribution in [3.63, 3.8) is 0 Å². The predicted molar refractivity (Wildman–Crippen MR) is 69.2 cm³/mol. The molecule has 2 nitrogen and oxygen atoms in total. The summed E-state index contributed by atoms with van der Waals surface area (Å²) in [6.45, 7) is 4.01. The maximum absolute atomic E-state index is 9.76. The number of hydrogen-bond acceptors (Lipinski definition) is 2. The topological polar surface area (TPSA) is 29.5 Å². The molecule has 17 heavy (non-hydrogen) atoms. The average Bonchev–Trinajstić information content (AvgIpc) is 2.39. The van der Waals surface area contributed by atoms with Crippen LogP contribution in [0.15, 0.2) is 55.1 Å². The Balaban J connectivity index is 2.34. The molecule has 0 fully saturated rings. The maximum Gasteiger partial charge on any atom is 0.123 e. The van der Waals surface area contributed by atoms with Crippen LogP contribution in [0.1, 0.15) is 11.1 Å². The lowest BCUT2D eigenvalue weighted by atomic mass is 9.99. The van der Waals surface area contributed by atoms with E-state index in [2.05, 4.69) is 6.58 Å². The Morgan fingerprint density at radius 3 is 2.29 bits per heavy atom. The third-order valence-electron chi connectivity index (χ3n) is 2.67. The first kappa shape index (κ1) is 11.3. The summed E-state index contributed by atoms with van der Waals surface area (Å²) in [6, 6.07) is 14.8. The van der Waals surface area contributed by atoms with Crippen LogP contribution in [0, 0.1) is 0 Å². The fourth-order valence-electron chi connectivity index (χ4n) is 1.68.